The fourth-order valence-electron chi connectivity index (χ4n) is 3.72. The standard InChI is InChI=1S/C18H26N4O2/c1-21-16(10-15(20-21)12-4-2-5-12)19-17(23)14-6-3-9-22(11-14)18(24)13-7-8-13/h10,12-14H,2-9,11H2,1H3,(H,19,23). The first-order valence-corrected chi connectivity index (χ1v) is 9.25. The van der Waals surface area contributed by atoms with Crippen LogP contribution < -0.4 is 5.32 Å². The molecule has 6 heteroatoms. The fourth-order valence-corrected chi connectivity index (χ4v) is 3.72. The Morgan fingerprint density at radius 2 is 1.92 bits per heavy atom. The molecule has 24 heavy (non-hydrogen) atoms. The van der Waals surface area contributed by atoms with Gasteiger partial charge in [0.25, 0.3) is 0 Å². The van der Waals surface area contributed by atoms with Crippen molar-refractivity contribution in [2.24, 2.45) is 18.9 Å². The summed E-state index contributed by atoms with van der Waals surface area (Å²) in [5, 5.41) is 7.57. The van der Waals surface area contributed by atoms with Gasteiger partial charge in [-0.05, 0) is 38.5 Å². The lowest BCUT2D eigenvalue weighted by atomic mass is 9.83. The fraction of sp³-hybridized carbons (Fsp3) is 0.722. The quantitative estimate of drug-likeness (QED) is 0.921. The molecule has 0 radical (unpaired) electrons. The van der Waals surface area contributed by atoms with Crippen molar-refractivity contribution in [1.29, 1.82) is 0 Å². The summed E-state index contributed by atoms with van der Waals surface area (Å²) in [6, 6.07) is 2.01. The highest BCUT2D eigenvalue weighted by Gasteiger charge is 2.36. The van der Waals surface area contributed by atoms with Gasteiger partial charge in [-0.25, -0.2) is 0 Å². The van der Waals surface area contributed by atoms with E-state index in [2.05, 4.69) is 10.4 Å². The molecule has 0 spiro atoms. The minimum atomic E-state index is -0.108. The minimum absolute atomic E-state index is 0.0199. The summed E-state index contributed by atoms with van der Waals surface area (Å²) in [6.07, 6.45) is 7.48. The zero-order valence-electron chi connectivity index (χ0n) is 14.3. The number of nitrogens with zero attached hydrogens (tertiary/aromatic N) is 3. The van der Waals surface area contributed by atoms with Crippen LogP contribution in [0.5, 0.6) is 0 Å². The van der Waals surface area contributed by atoms with Gasteiger partial charge in [0.2, 0.25) is 11.8 Å². The predicted octanol–water partition coefficient (Wildman–Crippen LogP) is 2.27. The van der Waals surface area contributed by atoms with Gasteiger partial charge in [-0.1, -0.05) is 6.42 Å². The Morgan fingerprint density at radius 3 is 2.58 bits per heavy atom. The van der Waals surface area contributed by atoms with E-state index in [1.807, 2.05) is 18.0 Å². The number of anilines is 1. The van der Waals surface area contributed by atoms with Crippen molar-refractivity contribution in [1.82, 2.24) is 14.7 Å². The number of hydrogen-bond acceptors (Lipinski definition) is 3. The lowest BCUT2D eigenvalue weighted by Gasteiger charge is -2.32. The molecule has 1 saturated heterocycles. The zero-order valence-corrected chi connectivity index (χ0v) is 14.3. The van der Waals surface area contributed by atoms with E-state index < -0.39 is 0 Å². The number of nitrogens with one attached hydrogen (secondary N) is 1. The van der Waals surface area contributed by atoms with Gasteiger partial charge in [-0.2, -0.15) is 5.10 Å². The predicted molar refractivity (Wildman–Crippen MR) is 90.5 cm³/mol. The van der Waals surface area contributed by atoms with Crippen LogP contribution in [0.4, 0.5) is 5.82 Å². The monoisotopic (exact) mass is 330 g/mol. The number of aryl methyl sites for hydroxylation is 1. The number of rotatable bonds is 4. The average molecular weight is 330 g/mol. The molecular formula is C18H26N4O2. The van der Waals surface area contributed by atoms with E-state index in [-0.39, 0.29) is 23.7 Å². The molecule has 0 aromatic carbocycles. The van der Waals surface area contributed by atoms with Crippen LogP contribution in [0.2, 0.25) is 0 Å². The van der Waals surface area contributed by atoms with Crippen LogP contribution in [0.15, 0.2) is 6.07 Å². The second-order valence-electron chi connectivity index (χ2n) is 7.59. The van der Waals surface area contributed by atoms with Crippen molar-refractivity contribution in [3.8, 4) is 0 Å². The highest BCUT2D eigenvalue weighted by Crippen LogP contribution is 2.36. The van der Waals surface area contributed by atoms with E-state index in [1.165, 1.54) is 19.3 Å². The SMILES string of the molecule is Cn1nc(C2CCC2)cc1NC(=O)C1CCCN(C(=O)C2CC2)C1. The Labute approximate surface area is 142 Å². The maximum atomic E-state index is 12.6. The molecule has 1 aromatic rings. The second-order valence-corrected chi connectivity index (χ2v) is 7.59. The van der Waals surface area contributed by atoms with Crippen molar-refractivity contribution in [2.75, 3.05) is 18.4 Å². The topological polar surface area (TPSA) is 67.2 Å². The third-order valence-corrected chi connectivity index (χ3v) is 5.70. The highest BCUT2D eigenvalue weighted by atomic mass is 16.2. The molecule has 1 atom stereocenters. The van der Waals surface area contributed by atoms with Crippen molar-refractivity contribution >= 4 is 17.6 Å². The third kappa shape index (κ3) is 3.06. The van der Waals surface area contributed by atoms with Crippen LogP contribution in [0.3, 0.4) is 0 Å². The molecule has 2 heterocycles. The largest absolute Gasteiger partial charge is 0.342 e. The minimum Gasteiger partial charge on any atom is -0.342 e. The smallest absolute Gasteiger partial charge is 0.230 e. The summed E-state index contributed by atoms with van der Waals surface area (Å²) in [5.41, 5.74) is 1.09. The van der Waals surface area contributed by atoms with E-state index in [4.69, 9.17) is 0 Å². The Morgan fingerprint density at radius 1 is 1.12 bits per heavy atom. The molecule has 1 N–H and O–H groups in total. The molecule has 3 fully saturated rings. The zero-order chi connectivity index (χ0) is 16.7. The van der Waals surface area contributed by atoms with E-state index >= 15 is 0 Å². The molecule has 6 nitrogen and oxygen atoms in total. The third-order valence-electron chi connectivity index (χ3n) is 5.70. The molecule has 2 amide bonds. The molecule has 2 aliphatic carbocycles. The number of piperidine rings is 1. The summed E-state index contributed by atoms with van der Waals surface area (Å²) in [5.74, 6) is 1.72. The van der Waals surface area contributed by atoms with Gasteiger partial charge in [0.1, 0.15) is 5.82 Å². The van der Waals surface area contributed by atoms with Crippen molar-refractivity contribution in [3.63, 3.8) is 0 Å². The van der Waals surface area contributed by atoms with Gasteiger partial charge in [0.05, 0.1) is 11.6 Å². The maximum absolute atomic E-state index is 12.6. The molecule has 4 rings (SSSR count). The highest BCUT2D eigenvalue weighted by molar-refractivity contribution is 5.92. The van der Waals surface area contributed by atoms with E-state index in [1.54, 1.807) is 4.68 Å². The number of carbonyl (C=O) groups excluding carboxylic acids is 2. The Balaban J connectivity index is 1.38. The summed E-state index contributed by atoms with van der Waals surface area (Å²) >= 11 is 0. The number of hydrogen-bond donors (Lipinski definition) is 1. The molecule has 1 unspecified atom stereocenters. The van der Waals surface area contributed by atoms with Gasteiger partial charge < -0.3 is 10.2 Å². The number of likely N-dealkylation sites (tertiary alicyclic amines) is 1. The number of aromatic nitrogens is 2. The van der Waals surface area contributed by atoms with Crippen molar-refractivity contribution < 1.29 is 9.59 Å². The molecule has 1 aromatic heterocycles. The normalized spacial score (nSPS) is 24.5. The van der Waals surface area contributed by atoms with Crippen molar-refractivity contribution in [3.05, 3.63) is 11.8 Å². The van der Waals surface area contributed by atoms with Crippen LogP contribution in [0.25, 0.3) is 0 Å². The number of carbonyl (C=O) groups is 2. The van der Waals surface area contributed by atoms with Crippen LogP contribution in [-0.2, 0) is 16.6 Å². The first-order chi connectivity index (χ1) is 11.6. The Hall–Kier alpha value is -1.85. The van der Waals surface area contributed by atoms with Gasteiger partial charge in [-0.15, -0.1) is 0 Å². The van der Waals surface area contributed by atoms with Gasteiger partial charge in [0, 0.05) is 38.0 Å². The van der Waals surface area contributed by atoms with Crippen LogP contribution in [0, 0.1) is 11.8 Å². The van der Waals surface area contributed by atoms with Gasteiger partial charge in [0.15, 0.2) is 0 Å². The summed E-state index contributed by atoms with van der Waals surface area (Å²) in [7, 11) is 1.88. The molecule has 1 aliphatic heterocycles. The molecule has 130 valence electrons. The molecule has 2 saturated carbocycles. The number of amides is 2. The first-order valence-electron chi connectivity index (χ1n) is 9.25. The summed E-state index contributed by atoms with van der Waals surface area (Å²) in [4.78, 5) is 26.8. The van der Waals surface area contributed by atoms with Gasteiger partial charge >= 0.3 is 0 Å². The van der Waals surface area contributed by atoms with Crippen molar-refractivity contribution in [2.45, 2.75) is 50.9 Å². The molecular weight excluding hydrogens is 304 g/mol. The van der Waals surface area contributed by atoms with E-state index in [0.29, 0.717) is 12.5 Å². The lowest BCUT2D eigenvalue weighted by molar-refractivity contribution is -0.135. The summed E-state index contributed by atoms with van der Waals surface area (Å²) in [6.45, 7) is 1.37. The van der Waals surface area contributed by atoms with Crippen LogP contribution >= 0.6 is 0 Å². The summed E-state index contributed by atoms with van der Waals surface area (Å²) < 4.78 is 1.77. The van der Waals surface area contributed by atoms with Crippen LogP contribution in [-0.4, -0.2) is 39.6 Å². The van der Waals surface area contributed by atoms with E-state index in [0.717, 1.165) is 43.7 Å². The molecule has 3 aliphatic rings. The molecule has 0 bridgehead atoms. The average Bonchev–Trinajstić information content (AvgIpc) is 3.31. The van der Waals surface area contributed by atoms with E-state index in [9.17, 15) is 9.59 Å². The first kappa shape index (κ1) is 15.7. The van der Waals surface area contributed by atoms with Crippen LogP contribution in [0.1, 0.15) is 56.6 Å². The lowest BCUT2D eigenvalue weighted by Crippen LogP contribution is -2.44. The maximum Gasteiger partial charge on any atom is 0.230 e. The Bertz CT molecular complexity index is 645. The second kappa shape index (κ2) is 6.22. The van der Waals surface area contributed by atoms with Gasteiger partial charge in [-0.3, -0.25) is 14.3 Å². The Kier molecular flexibility index (Phi) is 4.06.